The third-order valence-electron chi connectivity index (χ3n) is 3.36. The van der Waals surface area contributed by atoms with Gasteiger partial charge in [0.1, 0.15) is 28.5 Å². The molecule has 0 aliphatic rings. The number of phenols is 1. The number of nitrogens with one attached hydrogen (secondary N) is 1. The Balaban J connectivity index is 0.000000260. The average Bonchev–Trinajstić information content (AvgIpc) is 2.98. The summed E-state index contributed by atoms with van der Waals surface area (Å²) in [5, 5.41) is 21.0. The molecule has 1 aromatic heterocycles. The molecule has 8 heteroatoms. The fourth-order valence-corrected chi connectivity index (χ4v) is 2.33. The van der Waals surface area contributed by atoms with Crippen LogP contribution >= 0.6 is 0 Å². The van der Waals surface area contributed by atoms with Crippen LogP contribution in [0.2, 0.25) is 0 Å². The van der Waals surface area contributed by atoms with Crippen LogP contribution in [0.1, 0.15) is 20.8 Å². The summed E-state index contributed by atoms with van der Waals surface area (Å²) >= 11 is 0. The number of fused-ring (bicyclic) bond motifs is 1. The largest absolute Gasteiger partial charge is 0.507 e. The summed E-state index contributed by atoms with van der Waals surface area (Å²) in [6.45, 7) is 4.82. The van der Waals surface area contributed by atoms with Crippen molar-refractivity contribution in [3.63, 3.8) is 0 Å². The first-order chi connectivity index (χ1) is 12.5. The van der Waals surface area contributed by atoms with Gasteiger partial charge in [-0.1, -0.05) is 17.3 Å². The summed E-state index contributed by atoms with van der Waals surface area (Å²) in [4.78, 5) is 0. The Kier molecular flexibility index (Phi) is 6.26. The van der Waals surface area contributed by atoms with Crippen molar-refractivity contribution in [1.82, 2.24) is 5.16 Å². The van der Waals surface area contributed by atoms with Crippen LogP contribution in [0.3, 0.4) is 0 Å². The Morgan fingerprint density at radius 3 is 2.42 bits per heavy atom. The molecule has 0 saturated heterocycles. The van der Waals surface area contributed by atoms with Crippen molar-refractivity contribution in [2.24, 2.45) is 5.73 Å². The Labute approximate surface area is 152 Å². The highest BCUT2D eigenvalue weighted by Crippen LogP contribution is 2.30. The van der Waals surface area contributed by atoms with Crippen LogP contribution < -0.4 is 20.9 Å². The molecule has 0 aliphatic heterocycles. The first-order valence-electron chi connectivity index (χ1n) is 8.05. The number of nitrogens with zero attached hydrogens (tertiary/aromatic N) is 1. The second-order valence-corrected chi connectivity index (χ2v) is 5.13. The lowest BCUT2D eigenvalue weighted by atomic mass is 10.1. The topological polar surface area (TPSA) is 141 Å². The quantitative estimate of drug-likeness (QED) is 0.404. The monoisotopic (exact) mass is 360 g/mol. The highest BCUT2D eigenvalue weighted by atomic mass is 16.5. The van der Waals surface area contributed by atoms with Crippen molar-refractivity contribution in [3.8, 4) is 17.2 Å². The van der Waals surface area contributed by atoms with Gasteiger partial charge >= 0.3 is 0 Å². The summed E-state index contributed by atoms with van der Waals surface area (Å²) < 4.78 is 15.6. The van der Waals surface area contributed by atoms with Crippen molar-refractivity contribution in [2.45, 2.75) is 13.8 Å². The van der Waals surface area contributed by atoms with Crippen molar-refractivity contribution in [3.05, 3.63) is 42.0 Å². The van der Waals surface area contributed by atoms with Gasteiger partial charge in [0.2, 0.25) is 0 Å². The second kappa shape index (κ2) is 8.61. The molecule has 0 unspecified atom stereocenters. The van der Waals surface area contributed by atoms with Crippen LogP contribution in [0, 0.1) is 5.41 Å². The van der Waals surface area contributed by atoms with E-state index in [2.05, 4.69) is 5.16 Å². The molecule has 0 saturated carbocycles. The first kappa shape index (κ1) is 18.9. The molecule has 26 heavy (non-hydrogen) atoms. The van der Waals surface area contributed by atoms with Gasteiger partial charge < -0.3 is 30.6 Å². The molecule has 3 rings (SSSR count). The number of nitrogen functional groups attached to an aromatic ring is 2. The molecule has 8 nitrogen and oxygen atoms in total. The van der Waals surface area contributed by atoms with Gasteiger partial charge in [0.15, 0.2) is 11.4 Å². The fraction of sp³-hybridized carbons (Fsp3) is 0.222. The molecule has 0 aliphatic carbocycles. The number of anilines is 1. The van der Waals surface area contributed by atoms with Crippen molar-refractivity contribution in [2.75, 3.05) is 18.9 Å². The minimum atomic E-state index is -0.193. The van der Waals surface area contributed by atoms with Gasteiger partial charge in [-0.15, -0.1) is 0 Å². The molecule has 6 N–H and O–H groups in total. The SMILES string of the molecule is CCOc1cccc(O)c1C(=N)N.CCOc1cccc2onc(N)c12.[HH]. The van der Waals surface area contributed by atoms with Gasteiger partial charge in [-0.25, -0.2) is 0 Å². The van der Waals surface area contributed by atoms with E-state index in [0.717, 1.165) is 11.1 Å². The predicted molar refractivity (Wildman–Crippen MR) is 102 cm³/mol. The van der Waals surface area contributed by atoms with Crippen LogP contribution in [0.4, 0.5) is 5.82 Å². The summed E-state index contributed by atoms with van der Waals surface area (Å²) in [6.07, 6.45) is 0. The van der Waals surface area contributed by atoms with E-state index in [0.29, 0.717) is 30.4 Å². The number of ether oxygens (including phenoxy) is 2. The second-order valence-electron chi connectivity index (χ2n) is 5.13. The molecular weight excluding hydrogens is 336 g/mol. The number of aromatic hydroxyl groups is 1. The zero-order chi connectivity index (χ0) is 19.1. The third kappa shape index (κ3) is 4.15. The van der Waals surface area contributed by atoms with Crippen LogP contribution in [0.5, 0.6) is 17.2 Å². The molecule has 1 heterocycles. The molecule has 0 fully saturated rings. The highest BCUT2D eigenvalue weighted by molar-refractivity contribution is 6.00. The van der Waals surface area contributed by atoms with Gasteiger partial charge in [-0.05, 0) is 38.1 Å². The number of phenolic OH excluding ortho intramolecular Hbond substituents is 1. The van der Waals surface area contributed by atoms with Gasteiger partial charge in [0.05, 0.1) is 18.8 Å². The molecule has 0 amide bonds. The lowest BCUT2D eigenvalue weighted by Crippen LogP contribution is -2.13. The van der Waals surface area contributed by atoms with Gasteiger partial charge in [-0.2, -0.15) is 0 Å². The number of aromatic nitrogens is 1. The Bertz CT molecular complexity index is 898. The Morgan fingerprint density at radius 2 is 1.77 bits per heavy atom. The highest BCUT2D eigenvalue weighted by Gasteiger charge is 2.11. The lowest BCUT2D eigenvalue weighted by molar-refractivity contribution is 0.337. The van der Waals surface area contributed by atoms with Crippen LogP contribution in [0.25, 0.3) is 11.0 Å². The summed E-state index contributed by atoms with van der Waals surface area (Å²) in [5.74, 6) is 1.31. The van der Waals surface area contributed by atoms with Crippen LogP contribution in [-0.2, 0) is 0 Å². The van der Waals surface area contributed by atoms with Crippen molar-refractivity contribution < 1.29 is 20.5 Å². The van der Waals surface area contributed by atoms with E-state index in [9.17, 15) is 5.11 Å². The maximum absolute atomic E-state index is 9.39. The summed E-state index contributed by atoms with van der Waals surface area (Å²) in [7, 11) is 0. The molecule has 0 radical (unpaired) electrons. The van der Waals surface area contributed by atoms with Gasteiger partial charge in [0, 0.05) is 1.43 Å². The van der Waals surface area contributed by atoms with E-state index in [-0.39, 0.29) is 18.6 Å². The summed E-state index contributed by atoms with van der Waals surface area (Å²) in [5.41, 5.74) is 11.8. The molecule has 3 aromatic rings. The Hall–Kier alpha value is -3.42. The van der Waals surface area contributed by atoms with Gasteiger partial charge in [0.25, 0.3) is 0 Å². The molecule has 2 aromatic carbocycles. The molecular formula is C18H24N4O4. The van der Waals surface area contributed by atoms with E-state index in [1.165, 1.54) is 6.07 Å². The van der Waals surface area contributed by atoms with Crippen LogP contribution in [-0.4, -0.2) is 29.3 Å². The zero-order valence-corrected chi connectivity index (χ0v) is 14.7. The number of rotatable bonds is 5. The standard InChI is InChI=1S/C9H10N2O2.C9H12N2O2.H2/c1-2-12-6-4-3-5-7-8(6)9(10)11-13-7;1-2-13-7-5-3-4-6(12)8(7)9(10)11;/h3-5H,2H2,1H3,(H2,10,11);3-5,12H,2H2,1H3,(H3,10,11);1H. The molecule has 0 bridgehead atoms. The maximum Gasteiger partial charge on any atom is 0.178 e. The van der Waals surface area contributed by atoms with E-state index >= 15 is 0 Å². The van der Waals surface area contributed by atoms with Gasteiger partial charge in [-0.3, -0.25) is 5.41 Å². The summed E-state index contributed by atoms with van der Waals surface area (Å²) in [6, 6.07) is 10.3. The number of nitrogens with two attached hydrogens (primary N) is 2. The van der Waals surface area contributed by atoms with Crippen LogP contribution in [0.15, 0.2) is 40.9 Å². The normalized spacial score (nSPS) is 10.1. The average molecular weight is 360 g/mol. The molecule has 140 valence electrons. The lowest BCUT2D eigenvalue weighted by Gasteiger charge is -2.09. The number of hydrogen-bond donors (Lipinski definition) is 4. The van der Waals surface area contributed by atoms with E-state index in [1.807, 2.05) is 26.0 Å². The Morgan fingerprint density at radius 1 is 1.15 bits per heavy atom. The predicted octanol–water partition coefficient (Wildman–Crippen LogP) is 3.13. The van der Waals surface area contributed by atoms with Crippen molar-refractivity contribution in [1.29, 1.82) is 5.41 Å². The zero-order valence-electron chi connectivity index (χ0n) is 14.7. The minimum absolute atomic E-state index is 0. The van der Waals surface area contributed by atoms with E-state index in [1.54, 1.807) is 18.2 Å². The minimum Gasteiger partial charge on any atom is -0.507 e. The van der Waals surface area contributed by atoms with Crippen molar-refractivity contribution >= 4 is 22.6 Å². The third-order valence-corrected chi connectivity index (χ3v) is 3.36. The number of amidine groups is 1. The fourth-order valence-electron chi connectivity index (χ4n) is 2.33. The molecule has 0 spiro atoms. The van der Waals surface area contributed by atoms with E-state index in [4.69, 9.17) is 30.9 Å². The first-order valence-corrected chi connectivity index (χ1v) is 8.05. The van der Waals surface area contributed by atoms with E-state index < -0.39 is 0 Å². The number of hydrogen-bond acceptors (Lipinski definition) is 7. The molecule has 0 atom stereocenters. The maximum atomic E-state index is 9.39. The smallest absolute Gasteiger partial charge is 0.178 e. The number of benzene rings is 2.